The van der Waals surface area contributed by atoms with E-state index in [-0.39, 0.29) is 0 Å². The molecule has 0 saturated heterocycles. The highest BCUT2D eigenvalue weighted by Gasteiger charge is 1.99. The van der Waals surface area contributed by atoms with Gasteiger partial charge in [0.05, 0.1) is 0 Å². The fourth-order valence-electron chi connectivity index (χ4n) is 1.12. The minimum Gasteiger partial charge on any atom is -0.370 e. The van der Waals surface area contributed by atoms with Crippen molar-refractivity contribution in [1.29, 1.82) is 0 Å². The van der Waals surface area contributed by atoms with Gasteiger partial charge in [-0.2, -0.15) is 0 Å². The van der Waals surface area contributed by atoms with Gasteiger partial charge < -0.3 is 5.32 Å². The first-order valence-electron chi connectivity index (χ1n) is 4.60. The molecule has 0 aliphatic carbocycles. The lowest BCUT2D eigenvalue weighted by molar-refractivity contribution is 0.986. The van der Waals surface area contributed by atoms with E-state index in [2.05, 4.69) is 38.9 Å². The average molecular weight is 255 g/mol. The molecule has 76 valence electrons. The molecule has 1 N–H and O–H groups in total. The van der Waals surface area contributed by atoms with E-state index in [0.717, 1.165) is 28.8 Å². The topological polar surface area (TPSA) is 24.9 Å². The molecular formula is C11H15BrN2. The van der Waals surface area contributed by atoms with Crippen LogP contribution in [0.15, 0.2) is 28.9 Å². The van der Waals surface area contributed by atoms with Crippen LogP contribution in [0.4, 0.5) is 5.82 Å². The molecule has 1 rings (SSSR count). The first-order valence-corrected chi connectivity index (χ1v) is 5.39. The molecule has 0 radical (unpaired) electrons. The summed E-state index contributed by atoms with van der Waals surface area (Å²) in [6.45, 7) is 8.82. The number of halogens is 1. The zero-order valence-corrected chi connectivity index (χ0v) is 10.2. The number of pyridine rings is 1. The number of aryl methyl sites for hydroxylation is 1. The summed E-state index contributed by atoms with van der Waals surface area (Å²) in [6, 6.07) is 2.05. The van der Waals surface area contributed by atoms with Gasteiger partial charge in [-0.15, -0.1) is 6.58 Å². The molecule has 0 bridgehead atoms. The molecule has 0 aliphatic heterocycles. The van der Waals surface area contributed by atoms with E-state index >= 15 is 0 Å². The smallest absolute Gasteiger partial charge is 0.128 e. The van der Waals surface area contributed by atoms with Gasteiger partial charge in [0.25, 0.3) is 0 Å². The Morgan fingerprint density at radius 3 is 2.93 bits per heavy atom. The van der Waals surface area contributed by atoms with Crippen molar-refractivity contribution in [3.63, 3.8) is 0 Å². The van der Waals surface area contributed by atoms with Crippen LogP contribution < -0.4 is 5.32 Å². The van der Waals surface area contributed by atoms with E-state index < -0.39 is 0 Å². The fourth-order valence-corrected chi connectivity index (χ4v) is 1.57. The molecule has 14 heavy (non-hydrogen) atoms. The lowest BCUT2D eigenvalue weighted by Gasteiger charge is -2.08. The quantitative estimate of drug-likeness (QED) is 0.832. The standard InChI is InChI=1S/C11H15BrN2/c1-8(2)4-5-13-11-9(3)6-10(12)7-14-11/h6-7H,1,4-5H2,2-3H3,(H,13,14). The van der Waals surface area contributed by atoms with Crippen LogP contribution >= 0.6 is 15.9 Å². The van der Waals surface area contributed by atoms with Crippen LogP contribution in [0.2, 0.25) is 0 Å². The van der Waals surface area contributed by atoms with Crippen molar-refractivity contribution in [3.05, 3.63) is 34.5 Å². The van der Waals surface area contributed by atoms with Gasteiger partial charge in [-0.3, -0.25) is 0 Å². The summed E-state index contributed by atoms with van der Waals surface area (Å²) in [5.41, 5.74) is 2.34. The summed E-state index contributed by atoms with van der Waals surface area (Å²) >= 11 is 3.38. The largest absolute Gasteiger partial charge is 0.370 e. The zero-order chi connectivity index (χ0) is 10.6. The predicted octanol–water partition coefficient (Wildman–Crippen LogP) is 3.53. The molecule has 0 saturated carbocycles. The van der Waals surface area contributed by atoms with Crippen molar-refractivity contribution >= 4 is 21.7 Å². The highest BCUT2D eigenvalue weighted by atomic mass is 79.9. The maximum Gasteiger partial charge on any atom is 0.128 e. The van der Waals surface area contributed by atoms with Gasteiger partial charge in [-0.05, 0) is 47.8 Å². The van der Waals surface area contributed by atoms with E-state index in [9.17, 15) is 0 Å². The van der Waals surface area contributed by atoms with Gasteiger partial charge in [0.1, 0.15) is 5.82 Å². The third-order valence-corrected chi connectivity index (χ3v) is 2.32. The minimum atomic E-state index is 0.894. The van der Waals surface area contributed by atoms with Gasteiger partial charge >= 0.3 is 0 Å². The Hall–Kier alpha value is -0.830. The monoisotopic (exact) mass is 254 g/mol. The van der Waals surface area contributed by atoms with E-state index in [1.165, 1.54) is 5.57 Å². The van der Waals surface area contributed by atoms with Gasteiger partial charge in [0.15, 0.2) is 0 Å². The summed E-state index contributed by atoms with van der Waals surface area (Å²) in [5, 5.41) is 3.28. The SMILES string of the molecule is C=C(C)CCNc1ncc(Br)cc1C. The van der Waals surface area contributed by atoms with Crippen molar-refractivity contribution in [2.75, 3.05) is 11.9 Å². The van der Waals surface area contributed by atoms with Crippen LogP contribution in [0.5, 0.6) is 0 Å². The van der Waals surface area contributed by atoms with Crippen LogP contribution in [0.25, 0.3) is 0 Å². The molecule has 0 spiro atoms. The summed E-state index contributed by atoms with van der Waals surface area (Å²) in [4.78, 5) is 4.29. The van der Waals surface area contributed by atoms with Crippen molar-refractivity contribution in [1.82, 2.24) is 4.98 Å². The number of rotatable bonds is 4. The molecule has 0 fully saturated rings. The summed E-state index contributed by atoms with van der Waals surface area (Å²) in [7, 11) is 0. The van der Waals surface area contributed by atoms with Gasteiger partial charge in [0.2, 0.25) is 0 Å². The summed E-state index contributed by atoms with van der Waals surface area (Å²) in [5.74, 6) is 0.953. The summed E-state index contributed by atoms with van der Waals surface area (Å²) < 4.78 is 1.01. The number of hydrogen-bond donors (Lipinski definition) is 1. The Labute approximate surface area is 93.6 Å². The van der Waals surface area contributed by atoms with Crippen molar-refractivity contribution < 1.29 is 0 Å². The van der Waals surface area contributed by atoms with Gasteiger partial charge in [-0.25, -0.2) is 4.98 Å². The maximum absolute atomic E-state index is 4.29. The molecule has 0 aliphatic rings. The second-order valence-corrected chi connectivity index (χ2v) is 4.37. The predicted molar refractivity (Wildman–Crippen MR) is 64.6 cm³/mol. The summed E-state index contributed by atoms with van der Waals surface area (Å²) in [6.07, 6.45) is 2.79. The Morgan fingerprint density at radius 2 is 2.36 bits per heavy atom. The van der Waals surface area contributed by atoms with E-state index in [1.807, 2.05) is 13.8 Å². The van der Waals surface area contributed by atoms with E-state index in [1.54, 1.807) is 6.20 Å². The molecule has 1 aromatic rings. The minimum absolute atomic E-state index is 0.894. The first kappa shape index (κ1) is 11.2. The van der Waals surface area contributed by atoms with Crippen molar-refractivity contribution in [2.45, 2.75) is 20.3 Å². The van der Waals surface area contributed by atoms with Crippen molar-refractivity contribution in [2.24, 2.45) is 0 Å². The molecule has 3 heteroatoms. The Bertz CT molecular complexity index is 334. The van der Waals surface area contributed by atoms with Crippen LogP contribution in [-0.4, -0.2) is 11.5 Å². The van der Waals surface area contributed by atoms with Crippen LogP contribution in [0.1, 0.15) is 18.9 Å². The lowest BCUT2D eigenvalue weighted by Crippen LogP contribution is -2.04. The highest BCUT2D eigenvalue weighted by Crippen LogP contribution is 2.16. The number of nitrogens with one attached hydrogen (secondary N) is 1. The van der Waals surface area contributed by atoms with Gasteiger partial charge in [0, 0.05) is 17.2 Å². The van der Waals surface area contributed by atoms with Crippen molar-refractivity contribution in [3.8, 4) is 0 Å². The first-order chi connectivity index (χ1) is 6.59. The second kappa shape index (κ2) is 5.15. The van der Waals surface area contributed by atoms with Crippen LogP contribution in [-0.2, 0) is 0 Å². The highest BCUT2D eigenvalue weighted by molar-refractivity contribution is 9.10. The third-order valence-electron chi connectivity index (χ3n) is 1.89. The Morgan fingerprint density at radius 1 is 1.64 bits per heavy atom. The number of anilines is 1. The van der Waals surface area contributed by atoms with Gasteiger partial charge in [-0.1, -0.05) is 5.57 Å². The number of aromatic nitrogens is 1. The van der Waals surface area contributed by atoms with Crippen LogP contribution in [0.3, 0.4) is 0 Å². The molecule has 0 unspecified atom stereocenters. The molecule has 0 amide bonds. The molecule has 0 atom stereocenters. The van der Waals surface area contributed by atoms with Crippen LogP contribution in [0, 0.1) is 6.92 Å². The molecular weight excluding hydrogens is 240 g/mol. The molecule has 2 nitrogen and oxygen atoms in total. The normalized spacial score (nSPS) is 9.93. The number of hydrogen-bond acceptors (Lipinski definition) is 2. The number of nitrogens with zero attached hydrogens (tertiary/aromatic N) is 1. The fraction of sp³-hybridized carbons (Fsp3) is 0.364. The molecule has 0 aromatic carbocycles. The Kier molecular flexibility index (Phi) is 4.14. The average Bonchev–Trinajstić information content (AvgIpc) is 2.08. The molecule has 1 aromatic heterocycles. The molecule has 1 heterocycles. The van der Waals surface area contributed by atoms with E-state index in [0.29, 0.717) is 0 Å². The maximum atomic E-state index is 4.29. The lowest BCUT2D eigenvalue weighted by atomic mass is 10.2. The zero-order valence-electron chi connectivity index (χ0n) is 8.60. The third kappa shape index (κ3) is 3.50. The second-order valence-electron chi connectivity index (χ2n) is 3.45. The Balaban J connectivity index is 2.55. The van der Waals surface area contributed by atoms with E-state index in [4.69, 9.17) is 0 Å².